The fourth-order valence-electron chi connectivity index (χ4n) is 3.76. The molecule has 3 atom stereocenters. The van der Waals surface area contributed by atoms with E-state index in [1.54, 1.807) is 5.56 Å². The van der Waals surface area contributed by atoms with Crippen molar-refractivity contribution >= 4 is 0 Å². The summed E-state index contributed by atoms with van der Waals surface area (Å²) in [4.78, 5) is 0. The standard InChI is InChI=1S/C17H25N/c1-12(2)14-5-4-6-15(9-14)16-7-8-17(10-16)11-18-13(17)3/h4-6,9,12-13,16,18H,7-8,10-11H2,1-3H3. The van der Waals surface area contributed by atoms with Crippen LogP contribution in [-0.4, -0.2) is 12.6 Å². The van der Waals surface area contributed by atoms with Gasteiger partial charge < -0.3 is 5.32 Å². The van der Waals surface area contributed by atoms with Gasteiger partial charge in [0.2, 0.25) is 0 Å². The van der Waals surface area contributed by atoms with Gasteiger partial charge in [-0.05, 0) is 54.6 Å². The maximum atomic E-state index is 3.54. The molecule has 1 heteroatoms. The van der Waals surface area contributed by atoms with Gasteiger partial charge in [0.05, 0.1) is 0 Å². The van der Waals surface area contributed by atoms with Gasteiger partial charge in [-0.1, -0.05) is 38.1 Å². The Kier molecular flexibility index (Phi) is 2.97. The summed E-state index contributed by atoms with van der Waals surface area (Å²) in [6.07, 6.45) is 4.19. The van der Waals surface area contributed by atoms with E-state index in [1.807, 2.05) is 0 Å². The maximum Gasteiger partial charge on any atom is 0.0108 e. The Bertz CT molecular complexity index is 437. The van der Waals surface area contributed by atoms with E-state index in [1.165, 1.54) is 31.4 Å². The van der Waals surface area contributed by atoms with Crippen LogP contribution in [0.3, 0.4) is 0 Å². The highest BCUT2D eigenvalue weighted by atomic mass is 15.0. The van der Waals surface area contributed by atoms with Crippen LogP contribution in [0.25, 0.3) is 0 Å². The second-order valence-corrected chi connectivity index (χ2v) is 6.73. The molecule has 98 valence electrons. The van der Waals surface area contributed by atoms with Gasteiger partial charge in [-0.2, -0.15) is 0 Å². The van der Waals surface area contributed by atoms with Crippen LogP contribution >= 0.6 is 0 Å². The SMILES string of the molecule is CC(C)c1cccc(C2CCC3(CNC3C)C2)c1. The molecule has 1 heterocycles. The Morgan fingerprint density at radius 2 is 2.17 bits per heavy atom. The molecule has 1 aromatic rings. The zero-order valence-corrected chi connectivity index (χ0v) is 11.9. The minimum Gasteiger partial charge on any atom is -0.313 e. The molecule has 3 rings (SSSR count). The third-order valence-electron chi connectivity index (χ3n) is 5.37. The molecule has 1 spiro atoms. The minimum atomic E-state index is 0.624. The zero-order chi connectivity index (χ0) is 12.8. The highest BCUT2D eigenvalue weighted by Crippen LogP contribution is 2.51. The number of nitrogens with one attached hydrogen (secondary N) is 1. The molecule has 0 aromatic heterocycles. The predicted molar refractivity (Wildman–Crippen MR) is 77.0 cm³/mol. The van der Waals surface area contributed by atoms with Gasteiger partial charge in [0.25, 0.3) is 0 Å². The van der Waals surface area contributed by atoms with Crippen LogP contribution in [-0.2, 0) is 0 Å². The van der Waals surface area contributed by atoms with E-state index in [4.69, 9.17) is 0 Å². The molecular weight excluding hydrogens is 218 g/mol. The van der Waals surface area contributed by atoms with Crippen molar-refractivity contribution in [3.8, 4) is 0 Å². The topological polar surface area (TPSA) is 12.0 Å². The van der Waals surface area contributed by atoms with Gasteiger partial charge >= 0.3 is 0 Å². The van der Waals surface area contributed by atoms with Crippen molar-refractivity contribution in [1.29, 1.82) is 0 Å². The molecule has 0 radical (unpaired) electrons. The Labute approximate surface area is 111 Å². The number of benzene rings is 1. The first-order chi connectivity index (χ1) is 8.61. The lowest BCUT2D eigenvalue weighted by molar-refractivity contribution is 0.101. The Hall–Kier alpha value is -0.820. The Morgan fingerprint density at radius 3 is 2.72 bits per heavy atom. The van der Waals surface area contributed by atoms with Crippen molar-refractivity contribution in [2.24, 2.45) is 5.41 Å². The summed E-state index contributed by atoms with van der Waals surface area (Å²) in [6.45, 7) is 8.17. The molecule has 0 bridgehead atoms. The van der Waals surface area contributed by atoms with Gasteiger partial charge in [0.1, 0.15) is 0 Å². The quantitative estimate of drug-likeness (QED) is 0.826. The van der Waals surface area contributed by atoms with Crippen LogP contribution in [0.1, 0.15) is 63.0 Å². The highest BCUT2D eigenvalue weighted by molar-refractivity contribution is 5.30. The third kappa shape index (κ3) is 1.89. The molecule has 1 saturated heterocycles. The van der Waals surface area contributed by atoms with Gasteiger partial charge in [0, 0.05) is 12.6 Å². The Balaban J connectivity index is 1.78. The van der Waals surface area contributed by atoms with Crippen LogP contribution < -0.4 is 5.32 Å². The van der Waals surface area contributed by atoms with Crippen LogP contribution in [0.4, 0.5) is 0 Å². The molecule has 1 saturated carbocycles. The highest BCUT2D eigenvalue weighted by Gasteiger charge is 2.48. The average Bonchev–Trinajstić information content (AvgIpc) is 2.85. The van der Waals surface area contributed by atoms with Crippen molar-refractivity contribution in [2.45, 2.75) is 57.9 Å². The molecule has 1 N–H and O–H groups in total. The second kappa shape index (κ2) is 4.38. The molecule has 1 nitrogen and oxygen atoms in total. The van der Waals surface area contributed by atoms with Gasteiger partial charge in [-0.15, -0.1) is 0 Å². The lowest BCUT2D eigenvalue weighted by Crippen LogP contribution is -2.59. The van der Waals surface area contributed by atoms with Gasteiger partial charge in [-0.25, -0.2) is 0 Å². The van der Waals surface area contributed by atoms with Gasteiger partial charge in [-0.3, -0.25) is 0 Å². The summed E-state index contributed by atoms with van der Waals surface area (Å²) in [5.74, 6) is 1.44. The first-order valence-corrected chi connectivity index (χ1v) is 7.44. The van der Waals surface area contributed by atoms with Crippen molar-refractivity contribution in [3.63, 3.8) is 0 Å². The number of hydrogen-bond donors (Lipinski definition) is 1. The van der Waals surface area contributed by atoms with Gasteiger partial charge in [0.15, 0.2) is 0 Å². The monoisotopic (exact) mass is 243 g/mol. The molecule has 18 heavy (non-hydrogen) atoms. The predicted octanol–water partition coefficient (Wildman–Crippen LogP) is 4.06. The molecule has 0 amide bonds. The fourth-order valence-corrected chi connectivity index (χ4v) is 3.76. The van der Waals surface area contributed by atoms with Crippen LogP contribution in [0.15, 0.2) is 24.3 Å². The van der Waals surface area contributed by atoms with E-state index < -0.39 is 0 Å². The number of rotatable bonds is 2. The minimum absolute atomic E-state index is 0.624. The molecule has 2 aliphatic rings. The summed E-state index contributed by atoms with van der Waals surface area (Å²) in [7, 11) is 0. The van der Waals surface area contributed by atoms with Crippen LogP contribution in [0.2, 0.25) is 0 Å². The maximum absolute atomic E-state index is 3.54. The number of hydrogen-bond acceptors (Lipinski definition) is 1. The first kappa shape index (κ1) is 12.2. The zero-order valence-electron chi connectivity index (χ0n) is 11.9. The summed E-state index contributed by atoms with van der Waals surface area (Å²) < 4.78 is 0. The van der Waals surface area contributed by atoms with Crippen LogP contribution in [0.5, 0.6) is 0 Å². The summed E-state index contributed by atoms with van der Waals surface area (Å²) in [5.41, 5.74) is 3.70. The molecule has 1 aliphatic heterocycles. The van der Waals surface area contributed by atoms with E-state index in [9.17, 15) is 0 Å². The molecular formula is C17H25N. The Morgan fingerprint density at radius 1 is 1.33 bits per heavy atom. The van der Waals surface area contributed by atoms with E-state index in [2.05, 4.69) is 50.4 Å². The van der Waals surface area contributed by atoms with Crippen molar-refractivity contribution in [2.75, 3.05) is 6.54 Å². The largest absolute Gasteiger partial charge is 0.313 e. The van der Waals surface area contributed by atoms with Crippen molar-refractivity contribution in [3.05, 3.63) is 35.4 Å². The smallest absolute Gasteiger partial charge is 0.0108 e. The molecule has 2 fully saturated rings. The van der Waals surface area contributed by atoms with E-state index in [0.29, 0.717) is 11.3 Å². The second-order valence-electron chi connectivity index (χ2n) is 6.73. The van der Waals surface area contributed by atoms with Crippen molar-refractivity contribution < 1.29 is 0 Å². The van der Waals surface area contributed by atoms with Crippen molar-refractivity contribution in [1.82, 2.24) is 5.32 Å². The fraction of sp³-hybridized carbons (Fsp3) is 0.647. The summed E-state index contributed by atoms with van der Waals surface area (Å²) >= 11 is 0. The van der Waals surface area contributed by atoms with Crippen LogP contribution in [0, 0.1) is 5.41 Å². The average molecular weight is 243 g/mol. The lowest BCUT2D eigenvalue weighted by Gasteiger charge is -2.47. The normalized spacial score (nSPS) is 35.1. The molecule has 3 unspecified atom stereocenters. The molecule has 1 aromatic carbocycles. The summed E-state index contributed by atoms with van der Waals surface area (Å²) in [5, 5.41) is 3.54. The third-order valence-corrected chi connectivity index (χ3v) is 5.37. The first-order valence-electron chi connectivity index (χ1n) is 7.44. The molecule has 1 aliphatic carbocycles. The van der Waals surface area contributed by atoms with E-state index in [0.717, 1.165) is 12.0 Å². The van der Waals surface area contributed by atoms with E-state index in [-0.39, 0.29) is 0 Å². The lowest BCUT2D eigenvalue weighted by atomic mass is 9.72. The summed E-state index contributed by atoms with van der Waals surface area (Å²) in [6, 6.07) is 10.0. The van der Waals surface area contributed by atoms with E-state index >= 15 is 0 Å².